The molecule has 1 aromatic rings. The Balaban J connectivity index is 1.68. The molecule has 1 aliphatic carbocycles. The molecule has 0 spiro atoms. The van der Waals surface area contributed by atoms with Crippen LogP contribution in [0.3, 0.4) is 0 Å². The molecule has 0 radical (unpaired) electrons. The van der Waals surface area contributed by atoms with Crippen LogP contribution < -0.4 is 10.6 Å². The Kier molecular flexibility index (Phi) is 4.61. The molecule has 1 heterocycles. The van der Waals surface area contributed by atoms with Gasteiger partial charge in [-0.25, -0.2) is 0 Å². The first-order valence-electron chi connectivity index (χ1n) is 6.32. The van der Waals surface area contributed by atoms with Crippen LogP contribution in [-0.2, 0) is 6.54 Å². The lowest BCUT2D eigenvalue weighted by atomic mass is 10.4. The standard InChI is InChI=1S/C12H19BrN4S/c1-8-11(13)9(2)17(16-8)7-3-6-14-12(18)15-10-4-5-10/h10H,3-7H2,1-2H3,(H2,14,15,18). The Morgan fingerprint density at radius 1 is 1.50 bits per heavy atom. The fraction of sp³-hybridized carbons (Fsp3) is 0.667. The lowest BCUT2D eigenvalue weighted by Crippen LogP contribution is -2.37. The van der Waals surface area contributed by atoms with Crippen LogP contribution in [0.5, 0.6) is 0 Å². The highest BCUT2D eigenvalue weighted by atomic mass is 79.9. The molecule has 0 unspecified atom stereocenters. The van der Waals surface area contributed by atoms with Crippen LogP contribution in [-0.4, -0.2) is 27.5 Å². The van der Waals surface area contributed by atoms with Crippen LogP contribution in [0.1, 0.15) is 30.7 Å². The van der Waals surface area contributed by atoms with Gasteiger partial charge in [0.25, 0.3) is 0 Å². The summed E-state index contributed by atoms with van der Waals surface area (Å²) < 4.78 is 3.15. The summed E-state index contributed by atoms with van der Waals surface area (Å²) in [5.74, 6) is 0. The van der Waals surface area contributed by atoms with Gasteiger partial charge in [-0.05, 0) is 61.3 Å². The second kappa shape index (κ2) is 6.02. The molecular formula is C12H19BrN4S. The zero-order chi connectivity index (χ0) is 13.1. The normalized spacial score (nSPS) is 14.6. The molecule has 0 atom stereocenters. The van der Waals surface area contributed by atoms with Gasteiger partial charge >= 0.3 is 0 Å². The van der Waals surface area contributed by atoms with Crippen LogP contribution in [0.2, 0.25) is 0 Å². The summed E-state index contributed by atoms with van der Waals surface area (Å²) >= 11 is 8.74. The van der Waals surface area contributed by atoms with E-state index in [0.717, 1.165) is 34.8 Å². The van der Waals surface area contributed by atoms with E-state index in [1.54, 1.807) is 0 Å². The summed E-state index contributed by atoms with van der Waals surface area (Å²) in [7, 11) is 0. The molecule has 4 nitrogen and oxygen atoms in total. The fourth-order valence-electron chi connectivity index (χ4n) is 1.79. The van der Waals surface area contributed by atoms with E-state index in [9.17, 15) is 0 Å². The Bertz CT molecular complexity index is 440. The van der Waals surface area contributed by atoms with Crippen molar-refractivity contribution >= 4 is 33.3 Å². The number of aryl methyl sites for hydroxylation is 2. The number of thiocarbonyl (C=S) groups is 1. The number of hydrogen-bond acceptors (Lipinski definition) is 2. The molecule has 0 aliphatic heterocycles. The van der Waals surface area contributed by atoms with Gasteiger partial charge in [-0.15, -0.1) is 0 Å². The van der Waals surface area contributed by atoms with Gasteiger partial charge in [0.1, 0.15) is 0 Å². The molecule has 6 heteroatoms. The molecule has 0 aromatic carbocycles. The van der Waals surface area contributed by atoms with Crippen molar-refractivity contribution in [3.8, 4) is 0 Å². The molecule has 0 amide bonds. The summed E-state index contributed by atoms with van der Waals surface area (Å²) in [6.45, 7) is 5.89. The molecule has 1 aromatic heterocycles. The minimum Gasteiger partial charge on any atom is -0.363 e. The van der Waals surface area contributed by atoms with Crippen LogP contribution in [0.4, 0.5) is 0 Å². The highest BCUT2D eigenvalue weighted by Gasteiger charge is 2.21. The molecule has 18 heavy (non-hydrogen) atoms. The molecule has 2 rings (SSSR count). The summed E-state index contributed by atoms with van der Waals surface area (Å²) in [5.41, 5.74) is 2.23. The first-order valence-corrected chi connectivity index (χ1v) is 7.52. The van der Waals surface area contributed by atoms with Crippen LogP contribution in [0.15, 0.2) is 4.47 Å². The average Bonchev–Trinajstić information content (AvgIpc) is 3.10. The van der Waals surface area contributed by atoms with Gasteiger partial charge < -0.3 is 10.6 Å². The van der Waals surface area contributed by atoms with E-state index in [2.05, 4.69) is 38.6 Å². The van der Waals surface area contributed by atoms with Crippen molar-refractivity contribution in [3.05, 3.63) is 15.9 Å². The van der Waals surface area contributed by atoms with E-state index >= 15 is 0 Å². The molecule has 1 aliphatic rings. The second-order valence-corrected chi connectivity index (χ2v) is 5.94. The maximum Gasteiger partial charge on any atom is 0.166 e. The predicted octanol–water partition coefficient (Wildman–Crippen LogP) is 2.28. The van der Waals surface area contributed by atoms with E-state index in [1.807, 2.05) is 11.6 Å². The Hall–Kier alpha value is -0.620. The lowest BCUT2D eigenvalue weighted by molar-refractivity contribution is 0.556. The molecule has 100 valence electrons. The summed E-state index contributed by atoms with van der Waals surface area (Å²) in [5, 5.41) is 11.8. The molecule has 2 N–H and O–H groups in total. The van der Waals surface area contributed by atoms with E-state index in [0.29, 0.717) is 6.04 Å². The van der Waals surface area contributed by atoms with Crippen molar-refractivity contribution in [1.82, 2.24) is 20.4 Å². The fourth-order valence-corrected chi connectivity index (χ4v) is 2.34. The van der Waals surface area contributed by atoms with E-state index in [1.165, 1.54) is 18.5 Å². The number of rotatable bonds is 5. The van der Waals surface area contributed by atoms with Gasteiger partial charge in [0.2, 0.25) is 0 Å². The number of halogens is 1. The van der Waals surface area contributed by atoms with E-state index in [-0.39, 0.29) is 0 Å². The first-order chi connectivity index (χ1) is 8.58. The monoisotopic (exact) mass is 330 g/mol. The minimum absolute atomic E-state index is 0.622. The third-order valence-electron chi connectivity index (χ3n) is 3.04. The number of hydrogen-bond donors (Lipinski definition) is 2. The Morgan fingerprint density at radius 2 is 2.22 bits per heavy atom. The minimum atomic E-state index is 0.622. The number of nitrogens with zero attached hydrogens (tertiary/aromatic N) is 2. The van der Waals surface area contributed by atoms with Crippen molar-refractivity contribution < 1.29 is 0 Å². The quantitative estimate of drug-likeness (QED) is 0.642. The first kappa shape index (κ1) is 13.8. The van der Waals surface area contributed by atoms with E-state index < -0.39 is 0 Å². The van der Waals surface area contributed by atoms with Crippen molar-refractivity contribution in [1.29, 1.82) is 0 Å². The Morgan fingerprint density at radius 3 is 2.78 bits per heavy atom. The van der Waals surface area contributed by atoms with Crippen molar-refractivity contribution in [2.75, 3.05) is 6.54 Å². The third kappa shape index (κ3) is 3.68. The number of aromatic nitrogens is 2. The highest BCUT2D eigenvalue weighted by molar-refractivity contribution is 9.10. The number of nitrogens with one attached hydrogen (secondary N) is 2. The van der Waals surface area contributed by atoms with Crippen molar-refractivity contribution in [2.24, 2.45) is 0 Å². The molecule has 0 bridgehead atoms. The molecule has 1 fully saturated rings. The van der Waals surface area contributed by atoms with Gasteiger partial charge in [-0.3, -0.25) is 4.68 Å². The van der Waals surface area contributed by atoms with Crippen LogP contribution in [0.25, 0.3) is 0 Å². The Labute approximate surface area is 122 Å². The topological polar surface area (TPSA) is 41.9 Å². The maximum atomic E-state index is 5.20. The summed E-state index contributed by atoms with van der Waals surface area (Å²) in [6.07, 6.45) is 3.52. The maximum absolute atomic E-state index is 5.20. The highest BCUT2D eigenvalue weighted by Crippen LogP contribution is 2.20. The van der Waals surface area contributed by atoms with Gasteiger partial charge in [0.15, 0.2) is 5.11 Å². The second-order valence-electron chi connectivity index (χ2n) is 4.74. The summed E-state index contributed by atoms with van der Waals surface area (Å²) in [6, 6.07) is 0.622. The molecule has 0 saturated heterocycles. The summed E-state index contributed by atoms with van der Waals surface area (Å²) in [4.78, 5) is 0. The van der Waals surface area contributed by atoms with Crippen molar-refractivity contribution in [2.45, 2.75) is 45.7 Å². The SMILES string of the molecule is Cc1nn(CCCNC(=S)NC2CC2)c(C)c1Br. The van der Waals surface area contributed by atoms with Gasteiger partial charge in [-0.1, -0.05) is 0 Å². The zero-order valence-corrected chi connectivity index (χ0v) is 13.2. The van der Waals surface area contributed by atoms with Crippen LogP contribution in [0, 0.1) is 13.8 Å². The zero-order valence-electron chi connectivity index (χ0n) is 10.8. The third-order valence-corrected chi connectivity index (χ3v) is 4.45. The average molecular weight is 331 g/mol. The van der Waals surface area contributed by atoms with Gasteiger partial charge in [0, 0.05) is 24.8 Å². The lowest BCUT2D eigenvalue weighted by Gasteiger charge is -2.10. The van der Waals surface area contributed by atoms with Gasteiger partial charge in [0.05, 0.1) is 10.2 Å². The van der Waals surface area contributed by atoms with E-state index in [4.69, 9.17) is 12.2 Å². The molecule has 1 saturated carbocycles. The van der Waals surface area contributed by atoms with Crippen LogP contribution >= 0.6 is 28.1 Å². The smallest absolute Gasteiger partial charge is 0.166 e. The predicted molar refractivity (Wildman–Crippen MR) is 80.8 cm³/mol. The van der Waals surface area contributed by atoms with Crippen molar-refractivity contribution in [3.63, 3.8) is 0 Å². The molecular weight excluding hydrogens is 312 g/mol. The largest absolute Gasteiger partial charge is 0.363 e. The van der Waals surface area contributed by atoms with Gasteiger partial charge in [-0.2, -0.15) is 5.10 Å².